The van der Waals surface area contributed by atoms with Crippen LogP contribution in [-0.2, 0) is 14.8 Å². The molecule has 34 heavy (non-hydrogen) atoms. The lowest BCUT2D eigenvalue weighted by molar-refractivity contribution is -0.114. The van der Waals surface area contributed by atoms with Crippen LogP contribution in [0.3, 0.4) is 0 Å². The highest BCUT2D eigenvalue weighted by Gasteiger charge is 2.23. The topological polar surface area (TPSA) is 126 Å². The Bertz CT molecular complexity index is 1350. The van der Waals surface area contributed by atoms with Crippen molar-refractivity contribution in [2.45, 2.75) is 32.6 Å². The van der Waals surface area contributed by atoms with Gasteiger partial charge in [0.25, 0.3) is 15.9 Å². The molecular weight excluding hydrogens is 456 g/mol. The lowest BCUT2D eigenvalue weighted by Gasteiger charge is -2.15. The zero-order chi connectivity index (χ0) is 25.0. The number of anilines is 3. The Kier molecular flexibility index (Phi) is 7.21. The van der Waals surface area contributed by atoms with Crippen LogP contribution in [0.2, 0.25) is 0 Å². The molecule has 0 bridgehead atoms. The van der Waals surface area contributed by atoms with Crippen molar-refractivity contribution in [3.8, 4) is 5.88 Å². The maximum absolute atomic E-state index is 13.2. The molecule has 0 radical (unpaired) electrons. The third-order valence-corrected chi connectivity index (χ3v) is 6.42. The van der Waals surface area contributed by atoms with Crippen molar-refractivity contribution < 1.29 is 22.7 Å². The Hall–Kier alpha value is -3.92. The predicted octanol–water partition coefficient (Wildman–Crippen LogP) is 4.03. The zero-order valence-corrected chi connectivity index (χ0v) is 20.3. The molecular formula is C24H26N4O5S. The highest BCUT2D eigenvalue weighted by atomic mass is 32.2. The summed E-state index contributed by atoms with van der Waals surface area (Å²) in [5, 5.41) is 5.34. The second-order valence-electron chi connectivity index (χ2n) is 7.77. The van der Waals surface area contributed by atoms with E-state index in [2.05, 4.69) is 20.3 Å². The third-order valence-electron chi connectivity index (χ3n) is 5.08. The van der Waals surface area contributed by atoms with Crippen molar-refractivity contribution in [2.75, 3.05) is 22.5 Å². The average Bonchev–Trinajstić information content (AvgIpc) is 2.77. The Labute approximate surface area is 198 Å². The number of aryl methyl sites for hydroxylation is 3. The molecule has 0 aliphatic rings. The fourth-order valence-corrected chi connectivity index (χ4v) is 4.70. The zero-order valence-electron chi connectivity index (χ0n) is 19.5. The molecule has 3 rings (SSSR count). The van der Waals surface area contributed by atoms with E-state index in [4.69, 9.17) is 4.74 Å². The number of nitrogens with one attached hydrogen (secondary N) is 3. The maximum atomic E-state index is 13.2. The van der Waals surface area contributed by atoms with Gasteiger partial charge in [0, 0.05) is 18.2 Å². The van der Waals surface area contributed by atoms with Crippen molar-refractivity contribution in [3.05, 3.63) is 70.9 Å². The Morgan fingerprint density at radius 2 is 1.62 bits per heavy atom. The fourth-order valence-electron chi connectivity index (χ4n) is 3.35. The first kappa shape index (κ1) is 24.7. The van der Waals surface area contributed by atoms with Crippen LogP contribution in [0.1, 0.15) is 34.0 Å². The highest BCUT2D eigenvalue weighted by Crippen LogP contribution is 2.29. The first-order valence-corrected chi connectivity index (χ1v) is 11.8. The quantitative estimate of drug-likeness (QED) is 0.467. The van der Waals surface area contributed by atoms with Crippen LogP contribution in [0.15, 0.2) is 53.6 Å². The summed E-state index contributed by atoms with van der Waals surface area (Å²) in [5.74, 6) is -0.782. The summed E-state index contributed by atoms with van der Waals surface area (Å²) in [6.07, 6.45) is 1.31. The van der Waals surface area contributed by atoms with Crippen LogP contribution in [0.25, 0.3) is 0 Å². The average molecular weight is 483 g/mol. The van der Waals surface area contributed by atoms with Gasteiger partial charge in [-0.05, 0) is 61.7 Å². The van der Waals surface area contributed by atoms with Crippen molar-refractivity contribution in [1.82, 2.24) is 4.98 Å². The van der Waals surface area contributed by atoms with Crippen LogP contribution in [-0.4, -0.2) is 32.3 Å². The predicted molar refractivity (Wildman–Crippen MR) is 131 cm³/mol. The van der Waals surface area contributed by atoms with E-state index in [-0.39, 0.29) is 22.4 Å². The van der Waals surface area contributed by atoms with E-state index < -0.39 is 15.9 Å². The molecule has 0 saturated heterocycles. The molecule has 0 aliphatic carbocycles. The van der Waals surface area contributed by atoms with E-state index in [1.165, 1.54) is 26.3 Å². The first-order valence-electron chi connectivity index (χ1n) is 10.3. The molecule has 0 aliphatic heterocycles. The first-order chi connectivity index (χ1) is 16.0. The maximum Gasteiger partial charge on any atom is 0.267 e. The molecule has 3 N–H and O–H groups in total. The number of hydrogen-bond acceptors (Lipinski definition) is 6. The Balaban J connectivity index is 1.90. The molecule has 3 aromatic rings. The number of sulfonamides is 1. The molecule has 2 amide bonds. The number of nitrogens with zero attached hydrogens (tertiary/aromatic N) is 1. The number of para-hydroxylation sites is 1. The van der Waals surface area contributed by atoms with Crippen molar-refractivity contribution >= 4 is 38.9 Å². The number of carbonyl (C=O) groups is 2. The molecule has 0 unspecified atom stereocenters. The number of amides is 2. The second kappa shape index (κ2) is 9.92. The van der Waals surface area contributed by atoms with Gasteiger partial charge in [-0.2, -0.15) is 0 Å². The minimum absolute atomic E-state index is 0.104. The minimum atomic E-state index is -4.08. The van der Waals surface area contributed by atoms with Crippen LogP contribution >= 0.6 is 0 Å². The van der Waals surface area contributed by atoms with Gasteiger partial charge in [0.1, 0.15) is 0 Å². The number of benzene rings is 2. The summed E-state index contributed by atoms with van der Waals surface area (Å²) in [7, 11) is -2.76. The smallest absolute Gasteiger partial charge is 0.267 e. The summed E-state index contributed by atoms with van der Waals surface area (Å²) >= 11 is 0. The Morgan fingerprint density at radius 3 is 2.21 bits per heavy atom. The van der Waals surface area contributed by atoms with Crippen molar-refractivity contribution in [2.24, 2.45) is 0 Å². The van der Waals surface area contributed by atoms with Gasteiger partial charge < -0.3 is 15.4 Å². The van der Waals surface area contributed by atoms with Gasteiger partial charge in [-0.1, -0.05) is 18.2 Å². The number of methoxy groups -OCH3 is 1. The standard InChI is InChI=1S/C24H26N4O5S/c1-14-7-6-8-15(2)22(14)28-34(31,32)21-12-19(13-25-24(21)33-5)27-23(30)18-9-10-20(16(3)11-18)26-17(4)29/h6-13,28H,1-5H3,(H,26,29)(H,27,30). The van der Waals surface area contributed by atoms with Gasteiger partial charge >= 0.3 is 0 Å². The monoisotopic (exact) mass is 482 g/mol. The molecule has 1 heterocycles. The van der Waals surface area contributed by atoms with Crippen LogP contribution in [0.5, 0.6) is 5.88 Å². The largest absolute Gasteiger partial charge is 0.480 e. The summed E-state index contributed by atoms with van der Waals surface area (Å²) in [5.41, 5.74) is 3.81. The summed E-state index contributed by atoms with van der Waals surface area (Å²) in [6.45, 7) is 6.77. The van der Waals surface area contributed by atoms with Crippen LogP contribution < -0.4 is 20.1 Å². The van der Waals surface area contributed by atoms with E-state index in [0.29, 0.717) is 22.5 Å². The van der Waals surface area contributed by atoms with Gasteiger partial charge in [0.2, 0.25) is 11.8 Å². The van der Waals surface area contributed by atoms with E-state index >= 15 is 0 Å². The third kappa shape index (κ3) is 5.52. The second-order valence-corrected chi connectivity index (χ2v) is 9.42. The number of hydrogen-bond donors (Lipinski definition) is 3. The molecule has 0 spiro atoms. The minimum Gasteiger partial charge on any atom is -0.480 e. The van der Waals surface area contributed by atoms with Gasteiger partial charge in [-0.25, -0.2) is 13.4 Å². The normalized spacial score (nSPS) is 11.0. The Morgan fingerprint density at radius 1 is 0.941 bits per heavy atom. The molecule has 1 aromatic heterocycles. The van der Waals surface area contributed by atoms with E-state index in [0.717, 1.165) is 11.1 Å². The summed E-state index contributed by atoms with van der Waals surface area (Å²) in [4.78, 5) is 27.9. The molecule has 0 saturated carbocycles. The highest BCUT2D eigenvalue weighted by molar-refractivity contribution is 7.92. The van der Waals surface area contributed by atoms with Gasteiger partial charge in [0.15, 0.2) is 4.90 Å². The number of carbonyl (C=O) groups excluding carboxylic acids is 2. The lowest BCUT2D eigenvalue weighted by atomic mass is 10.1. The van der Waals surface area contributed by atoms with E-state index in [9.17, 15) is 18.0 Å². The van der Waals surface area contributed by atoms with Crippen LogP contribution in [0.4, 0.5) is 17.1 Å². The van der Waals surface area contributed by atoms with Gasteiger partial charge in [0.05, 0.1) is 24.7 Å². The van der Waals surface area contributed by atoms with E-state index in [1.54, 1.807) is 51.1 Å². The molecule has 2 aromatic carbocycles. The number of aromatic nitrogens is 1. The number of ether oxygens (including phenoxy) is 1. The van der Waals surface area contributed by atoms with Crippen molar-refractivity contribution in [1.29, 1.82) is 0 Å². The van der Waals surface area contributed by atoms with Crippen LogP contribution in [0, 0.1) is 20.8 Å². The lowest BCUT2D eigenvalue weighted by Crippen LogP contribution is -2.18. The molecule has 0 atom stereocenters. The SMILES string of the molecule is COc1ncc(NC(=O)c2ccc(NC(C)=O)c(C)c2)cc1S(=O)(=O)Nc1c(C)cccc1C. The molecule has 0 fully saturated rings. The van der Waals surface area contributed by atoms with Crippen molar-refractivity contribution in [3.63, 3.8) is 0 Å². The number of rotatable bonds is 7. The molecule has 178 valence electrons. The van der Waals surface area contributed by atoms with Gasteiger partial charge in [-0.15, -0.1) is 0 Å². The molecule has 9 nitrogen and oxygen atoms in total. The summed E-state index contributed by atoms with van der Waals surface area (Å²) in [6, 6.07) is 11.5. The number of pyridine rings is 1. The van der Waals surface area contributed by atoms with E-state index in [1.807, 2.05) is 6.07 Å². The molecule has 10 heteroatoms. The summed E-state index contributed by atoms with van der Waals surface area (Å²) < 4.78 is 34.1. The fraction of sp³-hybridized carbons (Fsp3) is 0.208. The van der Waals surface area contributed by atoms with Gasteiger partial charge in [-0.3, -0.25) is 14.3 Å².